The predicted molar refractivity (Wildman–Crippen MR) is 112 cm³/mol. The molecule has 0 spiro atoms. The summed E-state index contributed by atoms with van der Waals surface area (Å²) in [6.45, 7) is 4.79. The van der Waals surface area contributed by atoms with Gasteiger partial charge in [0.15, 0.2) is 0 Å². The largest absolute Gasteiger partial charge is 0.387 e. The molecule has 0 aliphatic heterocycles. The number of hydrogen-bond acceptors (Lipinski definition) is 2. The zero-order valence-electron chi connectivity index (χ0n) is 15.9. The quantitative estimate of drug-likeness (QED) is 0.445. The van der Waals surface area contributed by atoms with Crippen LogP contribution in [0.25, 0.3) is 0 Å². The van der Waals surface area contributed by atoms with Crippen LogP contribution in [0.1, 0.15) is 62.7 Å². The Hall–Kier alpha value is -1.35. The van der Waals surface area contributed by atoms with E-state index in [4.69, 9.17) is 11.6 Å². The average molecular weight is 374 g/mol. The summed E-state index contributed by atoms with van der Waals surface area (Å²) in [5.74, 6) is 0. The lowest BCUT2D eigenvalue weighted by Gasteiger charge is -2.25. The molecule has 0 saturated heterocycles. The van der Waals surface area contributed by atoms with Crippen molar-refractivity contribution in [3.8, 4) is 0 Å². The van der Waals surface area contributed by atoms with Crippen LogP contribution >= 0.6 is 11.6 Å². The molecule has 142 valence electrons. The van der Waals surface area contributed by atoms with Crippen molar-refractivity contribution in [3.05, 3.63) is 70.7 Å². The summed E-state index contributed by atoms with van der Waals surface area (Å²) in [5.41, 5.74) is 2.22. The molecule has 0 aromatic heterocycles. The van der Waals surface area contributed by atoms with Crippen LogP contribution in [0.15, 0.2) is 54.6 Å². The molecule has 3 heteroatoms. The Balaban J connectivity index is 1.89. The van der Waals surface area contributed by atoms with E-state index >= 15 is 0 Å². The molecule has 1 unspecified atom stereocenters. The van der Waals surface area contributed by atoms with E-state index in [1.165, 1.54) is 44.1 Å². The van der Waals surface area contributed by atoms with Crippen molar-refractivity contribution < 1.29 is 5.11 Å². The summed E-state index contributed by atoms with van der Waals surface area (Å²) >= 11 is 5.96. The first-order valence-corrected chi connectivity index (χ1v) is 10.3. The number of hydrogen-bond donors (Lipinski definition) is 1. The number of halogens is 1. The van der Waals surface area contributed by atoms with Gasteiger partial charge in [-0.15, -0.1) is 0 Å². The van der Waals surface area contributed by atoms with E-state index in [1.807, 2.05) is 30.3 Å². The highest BCUT2D eigenvalue weighted by atomic mass is 35.5. The molecule has 0 heterocycles. The SMILES string of the molecule is CCCCCCCCN(Cc1ccccc1)CC(O)c1ccc(Cl)cc1. The van der Waals surface area contributed by atoms with Gasteiger partial charge < -0.3 is 5.11 Å². The minimum atomic E-state index is -0.490. The van der Waals surface area contributed by atoms with Crippen molar-refractivity contribution in [2.45, 2.75) is 58.1 Å². The van der Waals surface area contributed by atoms with Crippen LogP contribution in [0.2, 0.25) is 5.02 Å². The Morgan fingerprint density at radius 2 is 1.54 bits per heavy atom. The summed E-state index contributed by atoms with van der Waals surface area (Å²) in [6, 6.07) is 18.0. The Morgan fingerprint density at radius 1 is 0.885 bits per heavy atom. The highest BCUT2D eigenvalue weighted by Gasteiger charge is 2.14. The van der Waals surface area contributed by atoms with E-state index in [0.717, 1.165) is 18.7 Å². The highest BCUT2D eigenvalue weighted by molar-refractivity contribution is 6.30. The van der Waals surface area contributed by atoms with Crippen molar-refractivity contribution >= 4 is 11.6 Å². The second-order valence-corrected chi connectivity index (χ2v) is 7.49. The van der Waals surface area contributed by atoms with Gasteiger partial charge >= 0.3 is 0 Å². The van der Waals surface area contributed by atoms with Crippen LogP contribution in [-0.2, 0) is 6.54 Å². The fraction of sp³-hybridized carbons (Fsp3) is 0.478. The van der Waals surface area contributed by atoms with Crippen molar-refractivity contribution in [1.82, 2.24) is 4.90 Å². The summed E-state index contributed by atoms with van der Waals surface area (Å²) in [6.07, 6.45) is 7.23. The Kier molecular flexibility index (Phi) is 9.76. The number of aliphatic hydroxyl groups is 1. The lowest BCUT2D eigenvalue weighted by Crippen LogP contribution is -2.29. The number of benzene rings is 2. The van der Waals surface area contributed by atoms with Gasteiger partial charge in [-0.1, -0.05) is 93.1 Å². The summed E-state index contributed by atoms with van der Waals surface area (Å²) in [5, 5.41) is 11.4. The molecule has 0 saturated carbocycles. The van der Waals surface area contributed by atoms with Crippen LogP contribution in [0.5, 0.6) is 0 Å². The van der Waals surface area contributed by atoms with Crippen LogP contribution in [0.3, 0.4) is 0 Å². The zero-order valence-corrected chi connectivity index (χ0v) is 16.7. The number of aliphatic hydroxyl groups excluding tert-OH is 1. The molecule has 1 N–H and O–H groups in total. The topological polar surface area (TPSA) is 23.5 Å². The number of nitrogens with zero attached hydrogens (tertiary/aromatic N) is 1. The smallest absolute Gasteiger partial charge is 0.0917 e. The molecule has 0 aliphatic carbocycles. The second kappa shape index (κ2) is 12.1. The van der Waals surface area contributed by atoms with E-state index in [-0.39, 0.29) is 0 Å². The van der Waals surface area contributed by atoms with Gasteiger partial charge in [0.05, 0.1) is 6.10 Å². The lowest BCUT2D eigenvalue weighted by atomic mass is 10.1. The third-order valence-electron chi connectivity index (χ3n) is 4.76. The summed E-state index contributed by atoms with van der Waals surface area (Å²) < 4.78 is 0. The van der Waals surface area contributed by atoms with E-state index in [2.05, 4.69) is 36.1 Å². The van der Waals surface area contributed by atoms with Gasteiger partial charge in [0.25, 0.3) is 0 Å². The summed E-state index contributed by atoms with van der Waals surface area (Å²) in [4.78, 5) is 2.37. The average Bonchev–Trinajstić information content (AvgIpc) is 2.65. The van der Waals surface area contributed by atoms with Gasteiger partial charge in [-0.05, 0) is 36.2 Å². The first-order chi connectivity index (χ1) is 12.7. The lowest BCUT2D eigenvalue weighted by molar-refractivity contribution is 0.108. The van der Waals surface area contributed by atoms with Crippen LogP contribution < -0.4 is 0 Å². The van der Waals surface area contributed by atoms with E-state index in [0.29, 0.717) is 11.6 Å². The molecule has 0 radical (unpaired) electrons. The van der Waals surface area contributed by atoms with Gasteiger partial charge in [-0.2, -0.15) is 0 Å². The zero-order chi connectivity index (χ0) is 18.6. The maximum absolute atomic E-state index is 10.6. The molecule has 2 nitrogen and oxygen atoms in total. The van der Waals surface area contributed by atoms with Crippen molar-refractivity contribution in [3.63, 3.8) is 0 Å². The molecule has 0 fully saturated rings. The molecular weight excluding hydrogens is 342 g/mol. The molecule has 1 atom stereocenters. The monoisotopic (exact) mass is 373 g/mol. The fourth-order valence-corrected chi connectivity index (χ4v) is 3.35. The first kappa shape index (κ1) is 21.0. The van der Waals surface area contributed by atoms with Crippen LogP contribution in [0.4, 0.5) is 0 Å². The fourth-order valence-electron chi connectivity index (χ4n) is 3.23. The van der Waals surface area contributed by atoms with Gasteiger partial charge in [0, 0.05) is 18.1 Å². The number of rotatable bonds is 12. The van der Waals surface area contributed by atoms with Gasteiger partial charge in [0.1, 0.15) is 0 Å². The second-order valence-electron chi connectivity index (χ2n) is 7.06. The molecule has 0 amide bonds. The van der Waals surface area contributed by atoms with Crippen LogP contribution in [0, 0.1) is 0 Å². The molecule has 2 aromatic rings. The molecule has 0 bridgehead atoms. The molecule has 2 rings (SSSR count). The van der Waals surface area contributed by atoms with E-state index < -0.39 is 6.10 Å². The Labute approximate surface area is 163 Å². The third-order valence-corrected chi connectivity index (χ3v) is 5.01. The standard InChI is InChI=1S/C23H32ClNO/c1-2-3-4-5-6-10-17-25(18-20-11-8-7-9-12-20)19-23(26)21-13-15-22(24)16-14-21/h7-9,11-16,23,26H,2-6,10,17-19H2,1H3. The third kappa shape index (κ3) is 7.90. The van der Waals surface area contributed by atoms with Crippen molar-refractivity contribution in [2.24, 2.45) is 0 Å². The summed E-state index contributed by atoms with van der Waals surface area (Å²) in [7, 11) is 0. The highest BCUT2D eigenvalue weighted by Crippen LogP contribution is 2.19. The van der Waals surface area contributed by atoms with Crippen molar-refractivity contribution in [1.29, 1.82) is 0 Å². The van der Waals surface area contributed by atoms with Crippen molar-refractivity contribution in [2.75, 3.05) is 13.1 Å². The normalized spacial score (nSPS) is 12.5. The van der Waals surface area contributed by atoms with E-state index in [1.54, 1.807) is 0 Å². The maximum Gasteiger partial charge on any atom is 0.0917 e. The van der Waals surface area contributed by atoms with Gasteiger partial charge in [0.2, 0.25) is 0 Å². The maximum atomic E-state index is 10.6. The minimum absolute atomic E-state index is 0.490. The first-order valence-electron chi connectivity index (χ1n) is 9.89. The molecule has 0 aliphatic rings. The molecular formula is C23H32ClNO. The van der Waals surface area contributed by atoms with Gasteiger partial charge in [-0.25, -0.2) is 0 Å². The predicted octanol–water partition coefficient (Wildman–Crippen LogP) is 6.24. The number of unbranched alkanes of at least 4 members (excludes halogenated alkanes) is 5. The molecule has 26 heavy (non-hydrogen) atoms. The van der Waals surface area contributed by atoms with Gasteiger partial charge in [-0.3, -0.25) is 4.90 Å². The van der Waals surface area contributed by atoms with E-state index in [9.17, 15) is 5.11 Å². The van der Waals surface area contributed by atoms with Crippen LogP contribution in [-0.4, -0.2) is 23.1 Å². The Morgan fingerprint density at radius 3 is 2.23 bits per heavy atom. The molecule has 2 aromatic carbocycles. The minimum Gasteiger partial charge on any atom is -0.387 e. The Bertz CT molecular complexity index is 599.